The fraction of sp³-hybridized carbons (Fsp3) is 0.885. The van der Waals surface area contributed by atoms with Crippen molar-refractivity contribution in [2.45, 2.75) is 89.8 Å². The van der Waals surface area contributed by atoms with Crippen LogP contribution in [0.3, 0.4) is 0 Å². The van der Waals surface area contributed by atoms with E-state index < -0.39 is 0 Å². The topological polar surface area (TPSA) is 44.8 Å². The average Bonchev–Trinajstić information content (AvgIpc) is 2.83. The number of rotatable bonds is 5. The first-order valence-electron chi connectivity index (χ1n) is 12.7. The normalized spacial score (nSPS) is 39.1. The summed E-state index contributed by atoms with van der Waals surface area (Å²) in [7, 11) is 1.53. The highest BCUT2D eigenvalue weighted by Gasteiger charge is 2.35. The van der Waals surface area contributed by atoms with Crippen LogP contribution in [0.2, 0.25) is 0 Å². The molecule has 3 aliphatic carbocycles. The van der Waals surface area contributed by atoms with Gasteiger partial charge in [0.25, 0.3) is 0 Å². The van der Waals surface area contributed by atoms with Gasteiger partial charge in [0.15, 0.2) is 6.29 Å². The Morgan fingerprint density at radius 1 is 0.700 bits per heavy atom. The summed E-state index contributed by atoms with van der Waals surface area (Å²) in [4.78, 5) is 11.8. The molecule has 0 spiro atoms. The van der Waals surface area contributed by atoms with E-state index in [-0.39, 0.29) is 18.2 Å². The van der Waals surface area contributed by atoms with Crippen LogP contribution in [0.15, 0.2) is 12.2 Å². The van der Waals surface area contributed by atoms with Crippen LogP contribution in [0.5, 0.6) is 0 Å². The Bertz CT molecular complexity index is 543. The zero-order valence-electron chi connectivity index (χ0n) is 18.9. The van der Waals surface area contributed by atoms with Gasteiger partial charge in [0.05, 0.1) is 26.2 Å². The summed E-state index contributed by atoms with van der Waals surface area (Å²) in [6, 6.07) is 0. The predicted octanol–water partition coefficient (Wildman–Crippen LogP) is 5.90. The van der Waals surface area contributed by atoms with Crippen LogP contribution in [0.1, 0.15) is 83.5 Å². The Morgan fingerprint density at radius 2 is 1.17 bits per heavy atom. The Labute approximate surface area is 183 Å². The summed E-state index contributed by atoms with van der Waals surface area (Å²) < 4.78 is 16.2. The Morgan fingerprint density at radius 3 is 1.67 bits per heavy atom. The van der Waals surface area contributed by atoms with Gasteiger partial charge in [-0.25, -0.2) is 0 Å². The first-order valence-corrected chi connectivity index (χ1v) is 12.7. The number of carbonyl (C=O) groups excluding carboxylic acids is 1. The fourth-order valence-electron chi connectivity index (χ4n) is 6.75. The molecular formula is C26H42O4. The SMILES string of the molecule is COC(=O)C1CCC(C2CCC(C3CCC(/C=C/C4OCCCO4)CC3)CC2)CC1. The summed E-state index contributed by atoms with van der Waals surface area (Å²) in [5, 5.41) is 0. The molecular weight excluding hydrogens is 376 g/mol. The Hall–Kier alpha value is -0.870. The van der Waals surface area contributed by atoms with Crippen molar-refractivity contribution in [3.8, 4) is 0 Å². The van der Waals surface area contributed by atoms with E-state index in [0.717, 1.165) is 62.1 Å². The molecule has 4 heteroatoms. The number of hydrogen-bond donors (Lipinski definition) is 0. The summed E-state index contributed by atoms with van der Waals surface area (Å²) in [6.07, 6.45) is 21.2. The number of methoxy groups -OCH3 is 1. The molecule has 0 amide bonds. The molecule has 30 heavy (non-hydrogen) atoms. The van der Waals surface area contributed by atoms with Crippen molar-refractivity contribution in [3.63, 3.8) is 0 Å². The second-order valence-electron chi connectivity index (χ2n) is 10.3. The van der Waals surface area contributed by atoms with Crippen LogP contribution in [-0.4, -0.2) is 32.6 Å². The maximum Gasteiger partial charge on any atom is 0.308 e. The monoisotopic (exact) mass is 418 g/mol. The molecule has 4 aliphatic rings. The van der Waals surface area contributed by atoms with Crippen LogP contribution in [0.25, 0.3) is 0 Å². The van der Waals surface area contributed by atoms with Crippen LogP contribution >= 0.6 is 0 Å². The van der Waals surface area contributed by atoms with E-state index in [1.165, 1.54) is 71.3 Å². The zero-order valence-corrected chi connectivity index (χ0v) is 18.9. The van der Waals surface area contributed by atoms with Gasteiger partial charge >= 0.3 is 5.97 Å². The number of esters is 1. The molecule has 4 fully saturated rings. The van der Waals surface area contributed by atoms with Crippen molar-refractivity contribution < 1.29 is 19.0 Å². The Balaban J connectivity index is 1.14. The first kappa shape index (κ1) is 22.3. The summed E-state index contributed by atoms with van der Waals surface area (Å²) >= 11 is 0. The van der Waals surface area contributed by atoms with E-state index in [0.29, 0.717) is 0 Å². The van der Waals surface area contributed by atoms with Crippen LogP contribution < -0.4 is 0 Å². The molecule has 0 N–H and O–H groups in total. The number of allylic oxidation sites excluding steroid dienone is 1. The van der Waals surface area contributed by atoms with Crippen molar-refractivity contribution in [2.24, 2.45) is 35.5 Å². The third-order valence-corrected chi connectivity index (χ3v) is 8.67. The van der Waals surface area contributed by atoms with Gasteiger partial charge in [0.2, 0.25) is 0 Å². The molecule has 0 aromatic rings. The second-order valence-corrected chi connectivity index (χ2v) is 10.3. The maximum absolute atomic E-state index is 11.8. The van der Waals surface area contributed by atoms with Gasteiger partial charge in [-0.3, -0.25) is 4.79 Å². The number of carbonyl (C=O) groups is 1. The molecule has 4 rings (SSSR count). The smallest absolute Gasteiger partial charge is 0.308 e. The van der Waals surface area contributed by atoms with Crippen molar-refractivity contribution in [1.82, 2.24) is 0 Å². The lowest BCUT2D eigenvalue weighted by atomic mass is 9.65. The van der Waals surface area contributed by atoms with Gasteiger partial charge in [-0.1, -0.05) is 6.08 Å². The molecule has 170 valence electrons. The third-order valence-electron chi connectivity index (χ3n) is 8.67. The average molecular weight is 419 g/mol. The minimum Gasteiger partial charge on any atom is -0.469 e. The lowest BCUT2D eigenvalue weighted by molar-refractivity contribution is -0.150. The molecule has 0 aromatic carbocycles. The quantitative estimate of drug-likeness (QED) is 0.412. The van der Waals surface area contributed by atoms with Crippen LogP contribution in [-0.2, 0) is 19.0 Å². The lowest BCUT2D eigenvalue weighted by Gasteiger charge is -2.41. The van der Waals surface area contributed by atoms with E-state index in [1.54, 1.807) is 0 Å². The molecule has 0 aromatic heterocycles. The van der Waals surface area contributed by atoms with Gasteiger partial charge in [-0.2, -0.15) is 0 Å². The second kappa shape index (κ2) is 11.1. The molecule has 0 atom stereocenters. The first-order chi connectivity index (χ1) is 14.7. The van der Waals surface area contributed by atoms with Crippen molar-refractivity contribution in [3.05, 3.63) is 12.2 Å². The van der Waals surface area contributed by atoms with Gasteiger partial charge in [-0.05, 0) is 119 Å². The van der Waals surface area contributed by atoms with E-state index in [2.05, 4.69) is 12.2 Å². The molecule has 1 heterocycles. The van der Waals surface area contributed by atoms with Crippen LogP contribution in [0, 0.1) is 35.5 Å². The van der Waals surface area contributed by atoms with Gasteiger partial charge in [-0.15, -0.1) is 0 Å². The largest absolute Gasteiger partial charge is 0.469 e. The standard InChI is InChI=1S/C26H42O4/c1-28-26(27)24-14-12-23(13-15-24)22-10-8-21(9-11-22)20-6-3-19(4-7-20)5-16-25-29-17-2-18-30-25/h5,16,19-25H,2-4,6-15,17-18H2,1H3/b16-5+. The van der Waals surface area contributed by atoms with Gasteiger partial charge in [0.1, 0.15) is 0 Å². The summed E-state index contributed by atoms with van der Waals surface area (Å²) in [5.74, 6) is 4.59. The highest BCUT2D eigenvalue weighted by Crippen LogP contribution is 2.46. The zero-order chi connectivity index (χ0) is 20.8. The lowest BCUT2D eigenvalue weighted by Crippen LogP contribution is -2.31. The van der Waals surface area contributed by atoms with Crippen LogP contribution in [0.4, 0.5) is 0 Å². The molecule has 1 saturated heterocycles. The molecule has 3 saturated carbocycles. The highest BCUT2D eigenvalue weighted by atomic mass is 16.7. The molecule has 1 aliphatic heterocycles. The minimum atomic E-state index is -0.102. The maximum atomic E-state index is 11.8. The van der Waals surface area contributed by atoms with Gasteiger partial charge in [0, 0.05) is 0 Å². The molecule has 0 bridgehead atoms. The minimum absolute atomic E-state index is 0.0152. The molecule has 0 unspecified atom stereocenters. The van der Waals surface area contributed by atoms with E-state index >= 15 is 0 Å². The van der Waals surface area contributed by atoms with Gasteiger partial charge < -0.3 is 14.2 Å². The van der Waals surface area contributed by atoms with E-state index in [4.69, 9.17) is 14.2 Å². The highest BCUT2D eigenvalue weighted by molar-refractivity contribution is 5.72. The van der Waals surface area contributed by atoms with Crippen molar-refractivity contribution in [1.29, 1.82) is 0 Å². The van der Waals surface area contributed by atoms with Crippen molar-refractivity contribution >= 4 is 5.97 Å². The predicted molar refractivity (Wildman–Crippen MR) is 118 cm³/mol. The number of ether oxygens (including phenoxy) is 3. The summed E-state index contributed by atoms with van der Waals surface area (Å²) in [5.41, 5.74) is 0. The number of hydrogen-bond acceptors (Lipinski definition) is 4. The summed E-state index contributed by atoms with van der Waals surface area (Å²) in [6.45, 7) is 1.66. The molecule has 4 nitrogen and oxygen atoms in total. The third kappa shape index (κ3) is 5.88. The fourth-order valence-corrected chi connectivity index (χ4v) is 6.75. The van der Waals surface area contributed by atoms with E-state index in [9.17, 15) is 4.79 Å². The van der Waals surface area contributed by atoms with E-state index in [1.807, 2.05) is 0 Å². The Kier molecular flexibility index (Phi) is 8.28. The van der Waals surface area contributed by atoms with Crippen molar-refractivity contribution in [2.75, 3.05) is 20.3 Å². The molecule has 0 radical (unpaired) electrons.